The quantitative estimate of drug-likeness (QED) is 0.754. The molecule has 16 heavy (non-hydrogen) atoms. The lowest BCUT2D eigenvalue weighted by Gasteiger charge is -2.40. The van der Waals surface area contributed by atoms with Crippen molar-refractivity contribution < 1.29 is 0 Å². The smallest absolute Gasteiger partial charge is 0.00993 e. The Morgan fingerprint density at radius 2 is 1.62 bits per heavy atom. The van der Waals surface area contributed by atoms with Crippen molar-refractivity contribution in [2.24, 2.45) is 5.73 Å². The molecule has 1 aliphatic rings. The molecule has 0 unspecified atom stereocenters. The molecule has 96 valence electrons. The first kappa shape index (κ1) is 14.0. The van der Waals surface area contributed by atoms with Gasteiger partial charge >= 0.3 is 0 Å². The Bertz CT molecular complexity index is 170. The number of nitrogens with zero attached hydrogens (tertiary/aromatic N) is 1. The van der Waals surface area contributed by atoms with Crippen molar-refractivity contribution >= 4 is 0 Å². The normalized spacial score (nSPS) is 26.6. The molecule has 0 aromatic heterocycles. The molecule has 0 heterocycles. The van der Waals surface area contributed by atoms with Gasteiger partial charge in [0.15, 0.2) is 0 Å². The summed E-state index contributed by atoms with van der Waals surface area (Å²) in [6, 6.07) is 2.07. The van der Waals surface area contributed by atoms with Gasteiger partial charge in [-0.2, -0.15) is 0 Å². The molecule has 0 saturated heterocycles. The minimum atomic E-state index is 0.474. The Morgan fingerprint density at radius 1 is 1.06 bits per heavy atom. The van der Waals surface area contributed by atoms with Gasteiger partial charge in [0.1, 0.15) is 0 Å². The van der Waals surface area contributed by atoms with Crippen molar-refractivity contribution in [1.29, 1.82) is 0 Å². The summed E-state index contributed by atoms with van der Waals surface area (Å²) in [5, 5.41) is 0. The maximum absolute atomic E-state index is 5.99. The van der Waals surface area contributed by atoms with Gasteiger partial charge in [0.2, 0.25) is 0 Å². The third-order valence-electron chi connectivity index (χ3n) is 4.10. The van der Waals surface area contributed by atoms with Crippen molar-refractivity contribution in [1.82, 2.24) is 4.90 Å². The van der Waals surface area contributed by atoms with Crippen molar-refractivity contribution in [3.8, 4) is 0 Å². The van der Waals surface area contributed by atoms with Gasteiger partial charge < -0.3 is 5.73 Å². The molecule has 2 heteroatoms. The maximum Gasteiger partial charge on any atom is 0.00993 e. The molecule has 1 fully saturated rings. The SMILES string of the molecule is CCCN(C(CC)CC)C1CCC(N)CC1. The summed E-state index contributed by atoms with van der Waals surface area (Å²) in [5.74, 6) is 0. The van der Waals surface area contributed by atoms with Crippen LogP contribution in [-0.4, -0.2) is 29.6 Å². The molecule has 0 aromatic rings. The van der Waals surface area contributed by atoms with Gasteiger partial charge in [0.25, 0.3) is 0 Å². The van der Waals surface area contributed by atoms with Crippen molar-refractivity contribution in [3.63, 3.8) is 0 Å². The molecular weight excluding hydrogens is 196 g/mol. The summed E-state index contributed by atoms with van der Waals surface area (Å²) in [6.45, 7) is 8.22. The van der Waals surface area contributed by atoms with E-state index in [1.807, 2.05) is 0 Å². The van der Waals surface area contributed by atoms with Crippen LogP contribution in [0, 0.1) is 0 Å². The zero-order valence-corrected chi connectivity index (χ0v) is 11.4. The molecule has 0 atom stereocenters. The summed E-state index contributed by atoms with van der Waals surface area (Å²) in [6.07, 6.45) is 8.95. The Kier molecular flexibility index (Phi) is 6.37. The Balaban J connectivity index is 2.54. The fourth-order valence-electron chi connectivity index (χ4n) is 3.11. The minimum Gasteiger partial charge on any atom is -0.328 e. The zero-order valence-electron chi connectivity index (χ0n) is 11.4. The lowest BCUT2D eigenvalue weighted by Crippen LogP contribution is -2.46. The van der Waals surface area contributed by atoms with Gasteiger partial charge in [-0.1, -0.05) is 20.8 Å². The molecule has 0 radical (unpaired) electrons. The summed E-state index contributed by atoms with van der Waals surface area (Å²) in [4.78, 5) is 2.77. The average molecular weight is 226 g/mol. The summed E-state index contributed by atoms with van der Waals surface area (Å²) < 4.78 is 0. The summed E-state index contributed by atoms with van der Waals surface area (Å²) in [5.41, 5.74) is 5.99. The van der Waals surface area contributed by atoms with Gasteiger partial charge in [0.05, 0.1) is 0 Å². The molecule has 0 aliphatic heterocycles. The molecule has 2 nitrogen and oxygen atoms in total. The van der Waals surface area contributed by atoms with Gasteiger partial charge in [0, 0.05) is 18.1 Å². The lowest BCUT2D eigenvalue weighted by atomic mass is 9.89. The molecule has 1 aliphatic carbocycles. The first-order valence-corrected chi connectivity index (χ1v) is 7.24. The molecule has 0 spiro atoms. The van der Waals surface area contributed by atoms with E-state index >= 15 is 0 Å². The minimum absolute atomic E-state index is 0.474. The second-order valence-electron chi connectivity index (χ2n) is 5.28. The van der Waals surface area contributed by atoms with E-state index in [4.69, 9.17) is 5.73 Å². The number of hydrogen-bond acceptors (Lipinski definition) is 2. The van der Waals surface area contributed by atoms with Crippen LogP contribution in [0.4, 0.5) is 0 Å². The van der Waals surface area contributed by atoms with E-state index in [1.54, 1.807) is 0 Å². The van der Waals surface area contributed by atoms with Crippen LogP contribution in [0.3, 0.4) is 0 Å². The highest BCUT2D eigenvalue weighted by Gasteiger charge is 2.27. The van der Waals surface area contributed by atoms with Crippen LogP contribution in [0.5, 0.6) is 0 Å². The van der Waals surface area contributed by atoms with Crippen LogP contribution in [0.25, 0.3) is 0 Å². The number of nitrogens with two attached hydrogens (primary N) is 1. The van der Waals surface area contributed by atoms with Crippen LogP contribution < -0.4 is 5.73 Å². The van der Waals surface area contributed by atoms with Gasteiger partial charge in [-0.3, -0.25) is 4.90 Å². The molecule has 2 N–H and O–H groups in total. The molecule has 0 bridgehead atoms. The summed E-state index contributed by atoms with van der Waals surface area (Å²) in [7, 11) is 0. The monoisotopic (exact) mass is 226 g/mol. The Morgan fingerprint density at radius 3 is 2.06 bits per heavy atom. The van der Waals surface area contributed by atoms with Crippen LogP contribution in [0.2, 0.25) is 0 Å². The highest BCUT2D eigenvalue weighted by molar-refractivity contribution is 4.84. The van der Waals surface area contributed by atoms with Crippen LogP contribution in [0.15, 0.2) is 0 Å². The van der Waals surface area contributed by atoms with Crippen LogP contribution in [-0.2, 0) is 0 Å². The average Bonchev–Trinajstić information content (AvgIpc) is 2.31. The number of hydrogen-bond donors (Lipinski definition) is 1. The second-order valence-corrected chi connectivity index (χ2v) is 5.28. The van der Waals surface area contributed by atoms with Gasteiger partial charge in [-0.05, 0) is 51.5 Å². The van der Waals surface area contributed by atoms with E-state index < -0.39 is 0 Å². The lowest BCUT2D eigenvalue weighted by molar-refractivity contribution is 0.0941. The first-order valence-electron chi connectivity index (χ1n) is 7.24. The summed E-state index contributed by atoms with van der Waals surface area (Å²) >= 11 is 0. The fraction of sp³-hybridized carbons (Fsp3) is 1.00. The maximum atomic E-state index is 5.99. The molecule has 0 aromatic carbocycles. The first-order chi connectivity index (χ1) is 7.72. The molecular formula is C14H30N2. The van der Waals surface area contributed by atoms with Crippen LogP contribution in [0.1, 0.15) is 65.7 Å². The Hall–Kier alpha value is -0.0800. The standard InChI is InChI=1S/C14H30N2/c1-4-11-16(13(5-2)6-3)14-9-7-12(15)8-10-14/h12-14H,4-11,15H2,1-3H3. The molecule has 1 rings (SSSR count). The fourth-order valence-corrected chi connectivity index (χ4v) is 3.11. The van der Waals surface area contributed by atoms with Gasteiger partial charge in [-0.15, -0.1) is 0 Å². The van der Waals surface area contributed by atoms with E-state index in [9.17, 15) is 0 Å². The van der Waals surface area contributed by atoms with Crippen LogP contribution >= 0.6 is 0 Å². The van der Waals surface area contributed by atoms with E-state index in [0.717, 1.165) is 12.1 Å². The van der Waals surface area contributed by atoms with Crippen molar-refractivity contribution in [2.75, 3.05) is 6.54 Å². The topological polar surface area (TPSA) is 29.3 Å². The molecule has 0 amide bonds. The van der Waals surface area contributed by atoms with E-state index in [0.29, 0.717) is 6.04 Å². The molecule has 1 saturated carbocycles. The van der Waals surface area contributed by atoms with Gasteiger partial charge in [-0.25, -0.2) is 0 Å². The second kappa shape index (κ2) is 7.29. The highest BCUT2D eigenvalue weighted by atomic mass is 15.2. The predicted octanol–water partition coefficient (Wildman–Crippen LogP) is 3.16. The number of rotatable bonds is 6. The highest BCUT2D eigenvalue weighted by Crippen LogP contribution is 2.25. The Labute approximate surface area is 102 Å². The van der Waals surface area contributed by atoms with Crippen molar-refractivity contribution in [2.45, 2.75) is 83.8 Å². The van der Waals surface area contributed by atoms with Crippen molar-refractivity contribution in [3.05, 3.63) is 0 Å². The van der Waals surface area contributed by atoms with E-state index in [-0.39, 0.29) is 0 Å². The third kappa shape index (κ3) is 3.74. The van der Waals surface area contributed by atoms with E-state index in [1.165, 1.54) is 51.5 Å². The largest absolute Gasteiger partial charge is 0.328 e. The predicted molar refractivity (Wildman–Crippen MR) is 71.6 cm³/mol. The van der Waals surface area contributed by atoms with E-state index in [2.05, 4.69) is 25.7 Å². The zero-order chi connectivity index (χ0) is 12.0. The third-order valence-corrected chi connectivity index (χ3v) is 4.10.